The average Bonchev–Trinajstić information content (AvgIpc) is 2.80. The number of ether oxygens (including phenoxy) is 2. The molecule has 3 rings (SSSR count). The predicted molar refractivity (Wildman–Crippen MR) is 126 cm³/mol. The third-order valence-electron chi connectivity index (χ3n) is 5.97. The third-order valence-corrected chi connectivity index (χ3v) is 5.97. The van der Waals surface area contributed by atoms with Crippen LogP contribution in [0.2, 0.25) is 0 Å². The molecule has 3 heteroatoms. The van der Waals surface area contributed by atoms with Crippen LogP contribution in [-0.2, 0) is 11.8 Å². The van der Waals surface area contributed by atoms with E-state index in [0.717, 1.165) is 50.0 Å². The Balaban J connectivity index is 1.61. The molecule has 2 nitrogen and oxygen atoms in total. The lowest BCUT2D eigenvalue weighted by molar-refractivity contribution is 0.317. The summed E-state index contributed by atoms with van der Waals surface area (Å²) in [6.45, 7) is 7.42. The predicted octanol–water partition coefficient (Wildman–Crippen LogP) is 8.10. The van der Waals surface area contributed by atoms with Crippen LogP contribution in [0.15, 0.2) is 72.8 Å². The number of benzene rings is 3. The molecule has 0 saturated heterocycles. The van der Waals surface area contributed by atoms with Gasteiger partial charge in [0, 0.05) is 0 Å². The van der Waals surface area contributed by atoms with Crippen LogP contribution in [-0.4, -0.2) is 6.61 Å². The van der Waals surface area contributed by atoms with Crippen LogP contribution in [0.4, 0.5) is 4.39 Å². The highest BCUT2D eigenvalue weighted by atomic mass is 19.1. The van der Waals surface area contributed by atoms with Gasteiger partial charge in [-0.3, -0.25) is 0 Å². The van der Waals surface area contributed by atoms with E-state index in [-0.39, 0.29) is 17.0 Å². The topological polar surface area (TPSA) is 18.5 Å². The summed E-state index contributed by atoms with van der Waals surface area (Å²) in [7, 11) is 0. The standard InChI is InChI=1S/C28H33FO2/c1-4-20-30-24-16-14-23(15-17-24)28(3,5-2)19-9-10-22-13-18-26(29)27(21-22)31-25-11-7-6-8-12-25/h6-8,11-18,21H,4-5,9-10,19-20H2,1-3H3. The Labute approximate surface area is 186 Å². The first-order valence-electron chi connectivity index (χ1n) is 11.3. The van der Waals surface area contributed by atoms with Crippen molar-refractivity contribution in [1.29, 1.82) is 0 Å². The Bertz CT molecular complexity index is 937. The summed E-state index contributed by atoms with van der Waals surface area (Å²) in [4.78, 5) is 0. The lowest BCUT2D eigenvalue weighted by Crippen LogP contribution is -2.21. The van der Waals surface area contributed by atoms with Gasteiger partial charge in [-0.1, -0.05) is 57.2 Å². The summed E-state index contributed by atoms with van der Waals surface area (Å²) < 4.78 is 25.7. The van der Waals surface area contributed by atoms with E-state index in [4.69, 9.17) is 9.47 Å². The van der Waals surface area contributed by atoms with Crippen LogP contribution in [0.25, 0.3) is 0 Å². The Morgan fingerprint density at radius 2 is 1.61 bits per heavy atom. The summed E-state index contributed by atoms with van der Waals surface area (Å²) in [6, 6.07) is 23.1. The van der Waals surface area contributed by atoms with Gasteiger partial charge in [0.2, 0.25) is 0 Å². The monoisotopic (exact) mass is 420 g/mol. The molecule has 0 N–H and O–H groups in total. The molecule has 0 aliphatic heterocycles. The molecule has 0 bridgehead atoms. The molecule has 0 radical (unpaired) electrons. The molecule has 164 valence electrons. The van der Waals surface area contributed by atoms with Crippen molar-refractivity contribution in [2.45, 2.75) is 58.3 Å². The Morgan fingerprint density at radius 3 is 2.29 bits per heavy atom. The highest BCUT2D eigenvalue weighted by Crippen LogP contribution is 2.34. The van der Waals surface area contributed by atoms with E-state index in [2.05, 4.69) is 45.0 Å². The number of aryl methyl sites for hydroxylation is 1. The van der Waals surface area contributed by atoms with Gasteiger partial charge in [-0.15, -0.1) is 0 Å². The quantitative estimate of drug-likeness (QED) is 0.312. The zero-order chi connectivity index (χ0) is 22.1. The van der Waals surface area contributed by atoms with Crippen LogP contribution < -0.4 is 9.47 Å². The fraction of sp³-hybridized carbons (Fsp3) is 0.357. The number of hydrogen-bond acceptors (Lipinski definition) is 2. The van der Waals surface area contributed by atoms with E-state index < -0.39 is 0 Å². The SMILES string of the molecule is CCCOc1ccc(C(C)(CC)CCCc2ccc(F)c(Oc3ccccc3)c2)cc1. The van der Waals surface area contributed by atoms with Gasteiger partial charge in [-0.25, -0.2) is 4.39 Å². The Morgan fingerprint density at radius 1 is 0.871 bits per heavy atom. The number of hydrogen-bond donors (Lipinski definition) is 0. The largest absolute Gasteiger partial charge is 0.494 e. The fourth-order valence-electron chi connectivity index (χ4n) is 3.78. The van der Waals surface area contributed by atoms with E-state index in [0.29, 0.717) is 5.75 Å². The van der Waals surface area contributed by atoms with Crippen molar-refractivity contribution in [2.75, 3.05) is 6.61 Å². The Hall–Kier alpha value is -2.81. The smallest absolute Gasteiger partial charge is 0.165 e. The normalized spacial score (nSPS) is 12.9. The maximum absolute atomic E-state index is 14.2. The van der Waals surface area contributed by atoms with Gasteiger partial charge >= 0.3 is 0 Å². The summed E-state index contributed by atoms with van der Waals surface area (Å²) in [6.07, 6.45) is 5.04. The summed E-state index contributed by atoms with van der Waals surface area (Å²) in [5.41, 5.74) is 2.53. The zero-order valence-corrected chi connectivity index (χ0v) is 18.9. The molecule has 0 saturated carbocycles. The summed E-state index contributed by atoms with van der Waals surface area (Å²) >= 11 is 0. The van der Waals surface area contributed by atoms with Gasteiger partial charge in [-0.2, -0.15) is 0 Å². The maximum atomic E-state index is 14.2. The summed E-state index contributed by atoms with van der Waals surface area (Å²) in [5, 5.41) is 0. The molecule has 0 aliphatic rings. The van der Waals surface area contributed by atoms with Crippen molar-refractivity contribution < 1.29 is 13.9 Å². The van der Waals surface area contributed by atoms with Crippen molar-refractivity contribution in [2.24, 2.45) is 0 Å². The Kier molecular flexibility index (Phi) is 8.11. The molecule has 0 aliphatic carbocycles. The molecule has 1 atom stereocenters. The van der Waals surface area contributed by atoms with Gasteiger partial charge < -0.3 is 9.47 Å². The molecule has 0 amide bonds. The highest BCUT2D eigenvalue weighted by Gasteiger charge is 2.24. The minimum atomic E-state index is -0.337. The molecule has 0 spiro atoms. The van der Waals surface area contributed by atoms with Crippen LogP contribution in [0.3, 0.4) is 0 Å². The van der Waals surface area contributed by atoms with E-state index in [1.54, 1.807) is 0 Å². The van der Waals surface area contributed by atoms with Gasteiger partial charge in [0.15, 0.2) is 11.6 Å². The van der Waals surface area contributed by atoms with Gasteiger partial charge in [-0.05, 0) is 85.0 Å². The second-order valence-electron chi connectivity index (χ2n) is 8.32. The molecule has 31 heavy (non-hydrogen) atoms. The molecular weight excluding hydrogens is 387 g/mol. The van der Waals surface area contributed by atoms with Crippen LogP contribution >= 0.6 is 0 Å². The number of halogens is 1. The molecule has 0 fully saturated rings. The molecular formula is C28H33FO2. The molecule has 0 aromatic heterocycles. The second kappa shape index (κ2) is 11.0. The average molecular weight is 421 g/mol. The van der Waals surface area contributed by atoms with Crippen LogP contribution in [0.1, 0.15) is 57.6 Å². The van der Waals surface area contributed by atoms with Gasteiger partial charge in [0.05, 0.1) is 6.61 Å². The van der Waals surface area contributed by atoms with Crippen molar-refractivity contribution in [3.8, 4) is 17.2 Å². The number of rotatable bonds is 11. The van der Waals surface area contributed by atoms with E-state index in [1.807, 2.05) is 42.5 Å². The lowest BCUT2D eigenvalue weighted by Gasteiger charge is -2.29. The fourth-order valence-corrected chi connectivity index (χ4v) is 3.78. The molecule has 1 unspecified atom stereocenters. The lowest BCUT2D eigenvalue weighted by atomic mass is 9.76. The first-order valence-corrected chi connectivity index (χ1v) is 11.3. The van der Waals surface area contributed by atoms with Crippen LogP contribution in [0, 0.1) is 5.82 Å². The van der Waals surface area contributed by atoms with E-state index in [1.165, 1.54) is 11.6 Å². The minimum absolute atomic E-state index is 0.104. The zero-order valence-electron chi connectivity index (χ0n) is 18.9. The first kappa shape index (κ1) is 22.9. The van der Waals surface area contributed by atoms with Crippen molar-refractivity contribution in [3.63, 3.8) is 0 Å². The van der Waals surface area contributed by atoms with Gasteiger partial charge in [0.1, 0.15) is 11.5 Å². The van der Waals surface area contributed by atoms with Crippen molar-refractivity contribution in [3.05, 3.63) is 89.7 Å². The summed E-state index contributed by atoms with van der Waals surface area (Å²) in [5.74, 6) is 1.52. The molecule has 0 heterocycles. The third kappa shape index (κ3) is 6.33. The minimum Gasteiger partial charge on any atom is -0.494 e. The van der Waals surface area contributed by atoms with E-state index >= 15 is 0 Å². The maximum Gasteiger partial charge on any atom is 0.165 e. The first-order chi connectivity index (χ1) is 15.0. The second-order valence-corrected chi connectivity index (χ2v) is 8.32. The van der Waals surface area contributed by atoms with E-state index in [9.17, 15) is 4.39 Å². The van der Waals surface area contributed by atoms with Crippen molar-refractivity contribution >= 4 is 0 Å². The number of para-hydroxylation sites is 1. The van der Waals surface area contributed by atoms with Gasteiger partial charge in [0.25, 0.3) is 0 Å². The molecule has 3 aromatic rings. The molecule has 3 aromatic carbocycles. The van der Waals surface area contributed by atoms with Crippen molar-refractivity contribution in [1.82, 2.24) is 0 Å². The highest BCUT2D eigenvalue weighted by molar-refractivity contribution is 5.35. The van der Waals surface area contributed by atoms with Crippen LogP contribution in [0.5, 0.6) is 17.2 Å².